The van der Waals surface area contributed by atoms with Gasteiger partial charge in [-0.25, -0.2) is 0 Å². The van der Waals surface area contributed by atoms with Crippen molar-refractivity contribution in [1.29, 1.82) is 0 Å². The Hall–Kier alpha value is 0.0195. The van der Waals surface area contributed by atoms with Crippen molar-refractivity contribution in [2.45, 2.75) is 0 Å². The quantitative estimate of drug-likeness (QED) is 0.451. The topological polar surface area (TPSA) is 26.3 Å². The van der Waals surface area contributed by atoms with Gasteiger partial charge in [-0.3, -0.25) is 0 Å². The van der Waals surface area contributed by atoms with Crippen molar-refractivity contribution >= 4 is 15.0 Å². The summed E-state index contributed by atoms with van der Waals surface area (Å²) in [5, 5.41) is 11.0. The van der Waals surface area contributed by atoms with Gasteiger partial charge in [0.1, 0.15) is 0 Å². The van der Waals surface area contributed by atoms with Gasteiger partial charge in [0.2, 0.25) is 0 Å². The number of nitrogens with zero attached hydrogens (tertiary/aromatic N) is 1. The molecule has 1 rings (SSSR count). The molecule has 6 heavy (non-hydrogen) atoms. The van der Waals surface area contributed by atoms with E-state index in [1.165, 1.54) is 0 Å². The molecule has 0 unspecified atom stereocenters. The van der Waals surface area contributed by atoms with E-state index in [1.807, 2.05) is 4.97 Å². The van der Waals surface area contributed by atoms with Crippen LogP contribution in [-0.2, 0) is 0 Å². The molecule has 0 saturated carbocycles. The molecule has 0 radical (unpaired) electrons. The van der Waals surface area contributed by atoms with Crippen molar-refractivity contribution in [2.24, 2.45) is 0 Å². The average Bonchev–Trinajstić information content (AvgIpc) is 1.86. The van der Waals surface area contributed by atoms with Crippen LogP contribution in [0.15, 0.2) is 11.2 Å². The van der Waals surface area contributed by atoms with Crippen LogP contribution in [0.5, 0.6) is 0 Å². The van der Waals surface area contributed by atoms with Gasteiger partial charge in [-0.05, 0) is 0 Å². The van der Waals surface area contributed by atoms with Crippen molar-refractivity contribution in [1.82, 2.24) is 5.06 Å². The summed E-state index contributed by atoms with van der Waals surface area (Å²) < 4.78 is 0. The Morgan fingerprint density at radius 3 is 2.83 bits per heavy atom. The van der Waals surface area contributed by atoms with E-state index in [-0.39, 0.29) is 0 Å². The molecule has 2 nitrogen and oxygen atoms in total. The predicted molar refractivity (Wildman–Crippen MR) is 25.0 cm³/mol. The van der Waals surface area contributed by atoms with Crippen molar-refractivity contribution < 1.29 is 0 Å². The molecule has 0 N–H and O–H groups in total. The Bertz CT molecular complexity index is 73.2. The first-order chi connectivity index (χ1) is 2.89. The molecule has 1 aliphatic rings. The second kappa shape index (κ2) is 1.65. The Labute approximate surface area is 42.6 Å². The van der Waals surface area contributed by atoms with Crippen LogP contribution in [0.4, 0.5) is 0 Å². The van der Waals surface area contributed by atoms with Gasteiger partial charge in [-0.2, -0.15) is 0 Å². The summed E-state index contributed by atoms with van der Waals surface area (Å²) >= 11 is 0.474. The van der Waals surface area contributed by atoms with Gasteiger partial charge in [0, 0.05) is 0 Å². The minimum absolute atomic E-state index is 0.474. The molecule has 0 aromatic rings. The number of rotatable bonds is 0. The monoisotopic (exact) mass is 150 g/mol. The number of hydroxylamine groups is 2. The summed E-state index contributed by atoms with van der Waals surface area (Å²) in [5.41, 5.74) is 0.715. The van der Waals surface area contributed by atoms with Gasteiger partial charge in [0.05, 0.1) is 0 Å². The first-order valence-corrected chi connectivity index (χ1v) is 3.82. The van der Waals surface area contributed by atoms with Gasteiger partial charge in [0.15, 0.2) is 0 Å². The molecular weight excluding hydrogens is 145 g/mol. The molecule has 0 aliphatic carbocycles. The summed E-state index contributed by atoms with van der Waals surface area (Å²) in [6.07, 6.45) is 1.58. The van der Waals surface area contributed by atoms with Crippen LogP contribution >= 0.6 is 0 Å². The van der Waals surface area contributed by atoms with E-state index in [4.69, 9.17) is 0 Å². The van der Waals surface area contributed by atoms with Gasteiger partial charge >= 0.3 is 41.8 Å². The second-order valence-electron chi connectivity index (χ2n) is 0.998. The molecule has 1 aliphatic heterocycles. The molecule has 1 heterocycles. The van der Waals surface area contributed by atoms with Crippen molar-refractivity contribution in [3.8, 4) is 0 Å². The average molecular weight is 149 g/mol. The van der Waals surface area contributed by atoms with Crippen LogP contribution in [0.1, 0.15) is 0 Å². The molecule has 0 amide bonds. The maximum atomic E-state index is 10.1. The molecule has 0 spiro atoms. The Balaban J connectivity index is 2.38. The first-order valence-electron chi connectivity index (χ1n) is 1.61. The molecule has 34 valence electrons. The standard InChI is InChI=1S/C3H4NOSe/c5-4-1-2-6-3-4/h1-2H,3H2/q-1. The van der Waals surface area contributed by atoms with Crippen molar-refractivity contribution in [3.63, 3.8) is 0 Å². The fourth-order valence-electron chi connectivity index (χ4n) is 0.270. The third-order valence-corrected chi connectivity index (χ3v) is 2.03. The van der Waals surface area contributed by atoms with Crippen molar-refractivity contribution in [3.05, 3.63) is 16.4 Å². The molecule has 0 saturated heterocycles. The van der Waals surface area contributed by atoms with E-state index in [1.54, 1.807) is 6.20 Å². The Kier molecular flexibility index (Phi) is 1.15. The molecular formula is C3H4NOSe-. The Morgan fingerprint density at radius 2 is 2.67 bits per heavy atom. The summed E-state index contributed by atoms with van der Waals surface area (Å²) in [6.45, 7) is 0. The van der Waals surface area contributed by atoms with Crippen LogP contribution < -0.4 is 0 Å². The number of hydrogen-bond acceptors (Lipinski definition) is 2. The van der Waals surface area contributed by atoms with E-state index in [9.17, 15) is 5.21 Å². The normalized spacial score (nSPS) is 19.8. The molecule has 0 aromatic heterocycles. The zero-order valence-corrected chi connectivity index (χ0v) is 4.84. The molecule has 3 heteroatoms. The van der Waals surface area contributed by atoms with Crippen LogP contribution in [0.3, 0.4) is 0 Å². The van der Waals surface area contributed by atoms with Crippen LogP contribution in [0, 0.1) is 5.21 Å². The second-order valence-corrected chi connectivity index (χ2v) is 2.81. The van der Waals surface area contributed by atoms with E-state index in [2.05, 4.69) is 0 Å². The molecule has 0 aromatic carbocycles. The fourth-order valence-corrected chi connectivity index (χ4v) is 1.41. The summed E-state index contributed by atoms with van der Waals surface area (Å²) in [6, 6.07) is 0. The Morgan fingerprint density at radius 1 is 1.83 bits per heavy atom. The first kappa shape index (κ1) is 4.19. The van der Waals surface area contributed by atoms with Gasteiger partial charge in [-0.15, -0.1) is 0 Å². The summed E-state index contributed by atoms with van der Waals surface area (Å²) in [7, 11) is 0. The molecule has 0 fully saturated rings. The zero-order chi connectivity index (χ0) is 4.41. The third-order valence-electron chi connectivity index (χ3n) is 0.525. The van der Waals surface area contributed by atoms with E-state index < -0.39 is 0 Å². The van der Waals surface area contributed by atoms with E-state index >= 15 is 0 Å². The maximum absolute atomic E-state index is 10.1. The summed E-state index contributed by atoms with van der Waals surface area (Å²) in [5.74, 6) is 0. The predicted octanol–water partition coefficient (Wildman–Crippen LogP) is -0.0673. The SMILES string of the molecule is [O-]N1C=C[Se]C1. The zero-order valence-electron chi connectivity index (χ0n) is 3.13. The van der Waals surface area contributed by atoms with Gasteiger partial charge in [0.25, 0.3) is 0 Å². The minimum atomic E-state index is 0.474. The number of hydrogen-bond donors (Lipinski definition) is 0. The van der Waals surface area contributed by atoms with Gasteiger partial charge < -0.3 is 0 Å². The third kappa shape index (κ3) is 0.744. The molecule has 0 atom stereocenters. The van der Waals surface area contributed by atoms with Gasteiger partial charge in [-0.1, -0.05) is 0 Å². The summed E-state index contributed by atoms with van der Waals surface area (Å²) in [4.78, 5) is 1.93. The van der Waals surface area contributed by atoms with Crippen LogP contribution in [0.2, 0.25) is 0 Å². The van der Waals surface area contributed by atoms with Crippen LogP contribution in [0.25, 0.3) is 0 Å². The fraction of sp³-hybridized carbons (Fsp3) is 0.333. The van der Waals surface area contributed by atoms with Crippen molar-refractivity contribution in [2.75, 3.05) is 5.44 Å². The van der Waals surface area contributed by atoms with E-state index in [0.717, 1.165) is 5.06 Å². The van der Waals surface area contributed by atoms with E-state index in [0.29, 0.717) is 20.4 Å². The molecule has 0 bridgehead atoms. The van der Waals surface area contributed by atoms with Crippen LogP contribution in [-0.4, -0.2) is 25.5 Å².